The molecule has 4 nitrogen and oxygen atoms in total. The number of rotatable bonds is 6. The molecular weight excluding hydrogens is 304 g/mol. The number of benzene rings is 2. The zero-order valence-corrected chi connectivity index (χ0v) is 13.4. The maximum atomic E-state index is 12.3. The third kappa shape index (κ3) is 4.41. The van der Waals surface area contributed by atoms with E-state index in [0.717, 1.165) is 4.90 Å². The van der Waals surface area contributed by atoms with Gasteiger partial charge in [0.2, 0.25) is 10.0 Å². The van der Waals surface area contributed by atoms with Crippen molar-refractivity contribution >= 4 is 33.2 Å². The summed E-state index contributed by atoms with van der Waals surface area (Å²) >= 11 is 1.49. The lowest BCUT2D eigenvalue weighted by atomic mass is 10.3. The molecule has 0 fully saturated rings. The predicted octanol–water partition coefficient (Wildman–Crippen LogP) is 2.83. The molecule has 0 aromatic heterocycles. The van der Waals surface area contributed by atoms with Crippen LogP contribution in [-0.2, 0) is 10.0 Å². The average Bonchev–Trinajstić information content (AvgIpc) is 2.47. The van der Waals surface area contributed by atoms with E-state index in [1.807, 2.05) is 42.5 Å². The molecule has 2 aromatic carbocycles. The molecule has 2 rings (SSSR count). The summed E-state index contributed by atoms with van der Waals surface area (Å²) in [6.45, 7) is 0. The quantitative estimate of drug-likeness (QED) is 0.656. The van der Waals surface area contributed by atoms with Crippen LogP contribution in [0.15, 0.2) is 59.5 Å². The molecule has 112 valence electrons. The van der Waals surface area contributed by atoms with E-state index in [1.165, 1.54) is 16.1 Å². The van der Waals surface area contributed by atoms with Crippen LogP contribution in [0.3, 0.4) is 0 Å². The van der Waals surface area contributed by atoms with E-state index < -0.39 is 10.0 Å². The molecule has 0 atom stereocenters. The molecule has 2 aromatic rings. The fourth-order valence-electron chi connectivity index (χ4n) is 1.80. The minimum Gasteiger partial charge on any atom is -0.399 e. The Morgan fingerprint density at radius 1 is 1.10 bits per heavy atom. The van der Waals surface area contributed by atoms with Gasteiger partial charge in [-0.15, -0.1) is 11.8 Å². The summed E-state index contributed by atoms with van der Waals surface area (Å²) in [4.78, 5) is 0.979. The molecule has 0 aliphatic rings. The van der Waals surface area contributed by atoms with Gasteiger partial charge in [0, 0.05) is 23.4 Å². The number of thioether (sulfide) groups is 1. The molecule has 6 heteroatoms. The zero-order valence-electron chi connectivity index (χ0n) is 11.8. The number of nitrogens with zero attached hydrogens (tertiary/aromatic N) is 1. The van der Waals surface area contributed by atoms with Gasteiger partial charge < -0.3 is 5.73 Å². The number of nitrogens with two attached hydrogens (primary N) is 1. The summed E-state index contributed by atoms with van der Waals surface area (Å²) in [5.41, 5.74) is 7.06. The van der Waals surface area contributed by atoms with E-state index in [4.69, 9.17) is 5.73 Å². The summed E-state index contributed by atoms with van der Waals surface area (Å²) < 4.78 is 25.9. The lowest BCUT2D eigenvalue weighted by Gasteiger charge is -2.19. The molecule has 0 aliphatic heterocycles. The Morgan fingerprint density at radius 3 is 2.48 bits per heavy atom. The van der Waals surface area contributed by atoms with E-state index in [0.29, 0.717) is 17.1 Å². The highest BCUT2D eigenvalue weighted by Gasteiger charge is 2.17. The summed E-state index contributed by atoms with van der Waals surface area (Å²) in [5, 5.41) is 0. The van der Waals surface area contributed by atoms with Crippen molar-refractivity contribution in [1.82, 2.24) is 0 Å². The average molecular weight is 322 g/mol. The van der Waals surface area contributed by atoms with Crippen molar-refractivity contribution in [3.63, 3.8) is 0 Å². The standard InChI is InChI=1S/C15H18N2O2S2/c1-17(14-7-3-2-4-8-14)21(18,19)11-10-20-15-9-5-6-13(16)12-15/h2-9,12H,10-11,16H2,1H3. The molecule has 21 heavy (non-hydrogen) atoms. The van der Waals surface area contributed by atoms with Crippen LogP contribution in [0.1, 0.15) is 0 Å². The second-order valence-corrected chi connectivity index (χ2v) is 7.83. The monoisotopic (exact) mass is 322 g/mol. The second-order valence-electron chi connectivity index (χ2n) is 4.54. The minimum absolute atomic E-state index is 0.0812. The maximum absolute atomic E-state index is 12.3. The highest BCUT2D eigenvalue weighted by molar-refractivity contribution is 8.01. The van der Waals surface area contributed by atoms with Crippen LogP contribution in [0.25, 0.3) is 0 Å². The summed E-state index contributed by atoms with van der Waals surface area (Å²) in [6.07, 6.45) is 0. The fourth-order valence-corrected chi connectivity index (χ4v) is 4.33. The SMILES string of the molecule is CN(c1ccccc1)S(=O)(=O)CCSc1cccc(N)c1. The van der Waals surface area contributed by atoms with Crippen LogP contribution in [0.5, 0.6) is 0 Å². The van der Waals surface area contributed by atoms with Crippen LogP contribution in [0.2, 0.25) is 0 Å². The molecule has 0 saturated heterocycles. The van der Waals surface area contributed by atoms with Crippen molar-refractivity contribution in [3.05, 3.63) is 54.6 Å². The Labute approximate surface area is 130 Å². The Bertz CT molecular complexity index is 688. The smallest absolute Gasteiger partial charge is 0.235 e. The van der Waals surface area contributed by atoms with Crippen molar-refractivity contribution in [3.8, 4) is 0 Å². The molecule has 0 heterocycles. The molecule has 0 saturated carbocycles. The van der Waals surface area contributed by atoms with Crippen molar-refractivity contribution in [2.75, 3.05) is 28.6 Å². The molecule has 0 aliphatic carbocycles. The Kier molecular flexibility index (Phi) is 5.14. The van der Waals surface area contributed by atoms with Crippen LogP contribution in [0, 0.1) is 0 Å². The number of hydrogen-bond donors (Lipinski definition) is 1. The van der Waals surface area contributed by atoms with Crippen LogP contribution >= 0.6 is 11.8 Å². The highest BCUT2D eigenvalue weighted by atomic mass is 32.2. The molecule has 0 spiro atoms. The molecule has 0 amide bonds. The second kappa shape index (κ2) is 6.87. The van der Waals surface area contributed by atoms with E-state index >= 15 is 0 Å². The minimum atomic E-state index is -3.31. The zero-order chi connectivity index (χ0) is 15.3. The van der Waals surface area contributed by atoms with Gasteiger partial charge in [-0.3, -0.25) is 4.31 Å². The van der Waals surface area contributed by atoms with Gasteiger partial charge in [0.05, 0.1) is 11.4 Å². The normalized spacial score (nSPS) is 11.3. The number of para-hydroxylation sites is 1. The van der Waals surface area contributed by atoms with E-state index in [1.54, 1.807) is 19.2 Å². The molecule has 0 bridgehead atoms. The van der Waals surface area contributed by atoms with Crippen molar-refractivity contribution in [1.29, 1.82) is 0 Å². The molecule has 0 radical (unpaired) electrons. The number of nitrogen functional groups attached to an aromatic ring is 1. The third-order valence-electron chi connectivity index (χ3n) is 3.01. The van der Waals surface area contributed by atoms with Crippen LogP contribution in [-0.4, -0.2) is 27.0 Å². The Balaban J connectivity index is 1.95. The maximum Gasteiger partial charge on any atom is 0.235 e. The van der Waals surface area contributed by atoms with E-state index in [-0.39, 0.29) is 5.75 Å². The van der Waals surface area contributed by atoms with Crippen molar-refractivity contribution in [2.24, 2.45) is 0 Å². The Morgan fingerprint density at radius 2 is 1.81 bits per heavy atom. The lowest BCUT2D eigenvalue weighted by Crippen LogP contribution is -2.29. The van der Waals surface area contributed by atoms with Gasteiger partial charge in [-0.2, -0.15) is 0 Å². The molecule has 2 N–H and O–H groups in total. The first kappa shape index (κ1) is 15.7. The van der Waals surface area contributed by atoms with Crippen molar-refractivity contribution in [2.45, 2.75) is 4.90 Å². The van der Waals surface area contributed by atoms with Gasteiger partial charge >= 0.3 is 0 Å². The van der Waals surface area contributed by atoms with Gasteiger partial charge in [-0.1, -0.05) is 24.3 Å². The number of anilines is 2. The first-order chi connectivity index (χ1) is 9.99. The lowest BCUT2D eigenvalue weighted by molar-refractivity contribution is 0.596. The van der Waals surface area contributed by atoms with Crippen LogP contribution in [0.4, 0.5) is 11.4 Å². The van der Waals surface area contributed by atoms with Gasteiger partial charge in [0.15, 0.2) is 0 Å². The number of sulfonamides is 1. The van der Waals surface area contributed by atoms with Crippen LogP contribution < -0.4 is 10.0 Å². The third-order valence-corrected chi connectivity index (χ3v) is 6.02. The van der Waals surface area contributed by atoms with Crippen molar-refractivity contribution < 1.29 is 8.42 Å². The summed E-state index contributed by atoms with van der Waals surface area (Å²) in [7, 11) is -1.73. The topological polar surface area (TPSA) is 63.4 Å². The first-order valence-corrected chi connectivity index (χ1v) is 9.08. The largest absolute Gasteiger partial charge is 0.399 e. The number of hydrogen-bond acceptors (Lipinski definition) is 4. The summed E-state index contributed by atoms with van der Waals surface area (Å²) in [5.74, 6) is 0.570. The molecule has 0 unspecified atom stereocenters. The summed E-state index contributed by atoms with van der Waals surface area (Å²) in [6, 6.07) is 16.5. The first-order valence-electron chi connectivity index (χ1n) is 6.49. The van der Waals surface area contributed by atoms with E-state index in [2.05, 4.69) is 0 Å². The van der Waals surface area contributed by atoms with Gasteiger partial charge in [-0.25, -0.2) is 8.42 Å². The van der Waals surface area contributed by atoms with Gasteiger partial charge in [-0.05, 0) is 30.3 Å². The highest BCUT2D eigenvalue weighted by Crippen LogP contribution is 2.22. The van der Waals surface area contributed by atoms with Gasteiger partial charge in [0.1, 0.15) is 0 Å². The van der Waals surface area contributed by atoms with Gasteiger partial charge in [0.25, 0.3) is 0 Å². The van der Waals surface area contributed by atoms with E-state index in [9.17, 15) is 8.42 Å². The predicted molar refractivity (Wildman–Crippen MR) is 90.2 cm³/mol. The fraction of sp³-hybridized carbons (Fsp3) is 0.200. The molecular formula is C15H18N2O2S2. The Hall–Kier alpha value is -1.66.